The second-order valence-corrected chi connectivity index (χ2v) is 3.55. The van der Waals surface area contributed by atoms with E-state index in [9.17, 15) is 5.11 Å². The molecule has 3 nitrogen and oxygen atoms in total. The average molecular weight is 167 g/mol. The van der Waals surface area contributed by atoms with Gasteiger partial charge < -0.3 is 9.52 Å². The molecular formula is C9H13NO2. The Balaban J connectivity index is 2.34. The predicted molar refractivity (Wildman–Crippen MR) is 43.7 cm³/mol. The molecule has 3 heteroatoms. The molecule has 0 unspecified atom stereocenters. The molecule has 0 aromatic carbocycles. The molecule has 1 aliphatic carbocycles. The van der Waals surface area contributed by atoms with Crippen LogP contribution in [0.4, 0.5) is 0 Å². The number of hydrogen-bond acceptors (Lipinski definition) is 3. The Labute approximate surface area is 71.4 Å². The maximum absolute atomic E-state index is 9.86. The summed E-state index contributed by atoms with van der Waals surface area (Å²) in [5, 5.41) is 9.86. The molecule has 0 saturated heterocycles. The lowest BCUT2D eigenvalue weighted by molar-refractivity contribution is -0.0615. The highest BCUT2D eigenvalue weighted by Gasteiger charge is 2.41. The van der Waals surface area contributed by atoms with Crippen LogP contribution >= 0.6 is 0 Å². The van der Waals surface area contributed by atoms with Gasteiger partial charge in [0.1, 0.15) is 11.4 Å². The highest BCUT2D eigenvalue weighted by atomic mass is 16.4. The largest absolute Gasteiger partial charge is 0.443 e. The number of aliphatic hydroxyl groups is 1. The minimum absolute atomic E-state index is 0.503. The van der Waals surface area contributed by atoms with Gasteiger partial charge in [-0.2, -0.15) is 0 Å². The zero-order valence-corrected chi connectivity index (χ0v) is 7.42. The molecular weight excluding hydrogens is 154 g/mol. The molecule has 1 fully saturated rings. The number of nitrogens with zero attached hydrogens (tertiary/aromatic N) is 1. The van der Waals surface area contributed by atoms with Crippen LogP contribution in [0.25, 0.3) is 0 Å². The molecule has 12 heavy (non-hydrogen) atoms. The van der Waals surface area contributed by atoms with Crippen molar-refractivity contribution >= 4 is 0 Å². The van der Waals surface area contributed by atoms with Crippen molar-refractivity contribution in [1.82, 2.24) is 4.98 Å². The zero-order chi connectivity index (χ0) is 8.77. The molecule has 1 heterocycles. The fourth-order valence-corrected chi connectivity index (χ4v) is 1.40. The Hall–Kier alpha value is -0.830. The van der Waals surface area contributed by atoms with Crippen molar-refractivity contribution < 1.29 is 9.52 Å². The van der Waals surface area contributed by atoms with Crippen LogP contribution in [-0.4, -0.2) is 10.1 Å². The number of hydrogen-bond donors (Lipinski definition) is 1. The summed E-state index contributed by atoms with van der Waals surface area (Å²) in [6, 6.07) is 0. The van der Waals surface area contributed by atoms with Crippen LogP contribution in [0, 0.1) is 13.8 Å². The first-order chi connectivity index (χ1) is 5.62. The molecule has 0 amide bonds. The minimum atomic E-state index is -0.751. The number of rotatable bonds is 1. The first-order valence-corrected chi connectivity index (χ1v) is 4.29. The Morgan fingerprint density at radius 3 is 2.42 bits per heavy atom. The quantitative estimate of drug-likeness (QED) is 0.692. The summed E-state index contributed by atoms with van der Waals surface area (Å²) in [6.07, 6.45) is 2.63. The summed E-state index contributed by atoms with van der Waals surface area (Å²) >= 11 is 0. The summed E-state index contributed by atoms with van der Waals surface area (Å²) in [6.45, 7) is 3.76. The summed E-state index contributed by atoms with van der Waals surface area (Å²) in [4.78, 5) is 4.19. The smallest absolute Gasteiger partial charge is 0.226 e. The summed E-state index contributed by atoms with van der Waals surface area (Å²) < 4.78 is 5.36. The van der Waals surface area contributed by atoms with Gasteiger partial charge in [0.15, 0.2) is 0 Å². The molecule has 0 bridgehead atoms. The van der Waals surface area contributed by atoms with E-state index in [-0.39, 0.29) is 0 Å². The monoisotopic (exact) mass is 167 g/mol. The van der Waals surface area contributed by atoms with Gasteiger partial charge in [-0.3, -0.25) is 0 Å². The van der Waals surface area contributed by atoms with E-state index < -0.39 is 5.60 Å². The molecule has 0 aliphatic heterocycles. The van der Waals surface area contributed by atoms with Crippen molar-refractivity contribution in [3.63, 3.8) is 0 Å². The summed E-state index contributed by atoms with van der Waals surface area (Å²) in [5.41, 5.74) is 0.129. The van der Waals surface area contributed by atoms with Crippen LogP contribution < -0.4 is 0 Å². The number of oxazole rings is 1. The predicted octanol–water partition coefficient (Wildman–Crippen LogP) is 1.66. The van der Waals surface area contributed by atoms with E-state index in [0.717, 1.165) is 30.7 Å². The highest BCUT2D eigenvalue weighted by molar-refractivity contribution is 5.12. The molecule has 0 atom stereocenters. The van der Waals surface area contributed by atoms with E-state index >= 15 is 0 Å². The molecule has 1 N–H and O–H groups in total. The van der Waals surface area contributed by atoms with E-state index in [0.29, 0.717) is 5.89 Å². The number of aromatic nitrogens is 1. The Morgan fingerprint density at radius 1 is 1.42 bits per heavy atom. The van der Waals surface area contributed by atoms with Crippen molar-refractivity contribution in [2.75, 3.05) is 0 Å². The third-order valence-electron chi connectivity index (χ3n) is 2.61. The van der Waals surface area contributed by atoms with E-state index in [4.69, 9.17) is 4.42 Å². The van der Waals surface area contributed by atoms with Crippen molar-refractivity contribution in [3.05, 3.63) is 17.3 Å². The minimum Gasteiger partial charge on any atom is -0.443 e. The van der Waals surface area contributed by atoms with Gasteiger partial charge in [0, 0.05) is 0 Å². The molecule has 2 rings (SSSR count). The van der Waals surface area contributed by atoms with E-state index in [1.165, 1.54) is 0 Å². The first kappa shape index (κ1) is 7.80. The molecule has 1 saturated carbocycles. The molecule has 66 valence electrons. The zero-order valence-electron chi connectivity index (χ0n) is 7.42. The van der Waals surface area contributed by atoms with Crippen LogP contribution in [0.1, 0.15) is 36.6 Å². The summed E-state index contributed by atoms with van der Waals surface area (Å²) in [7, 11) is 0. The van der Waals surface area contributed by atoms with E-state index in [1.54, 1.807) is 0 Å². The van der Waals surface area contributed by atoms with Crippen LogP contribution in [0.15, 0.2) is 4.42 Å². The highest BCUT2D eigenvalue weighted by Crippen LogP contribution is 2.40. The lowest BCUT2D eigenvalue weighted by atomic mass is 9.80. The number of aryl methyl sites for hydroxylation is 2. The van der Waals surface area contributed by atoms with Gasteiger partial charge in [0.2, 0.25) is 5.89 Å². The van der Waals surface area contributed by atoms with Crippen molar-refractivity contribution in [1.29, 1.82) is 0 Å². The lowest BCUT2D eigenvalue weighted by Crippen LogP contribution is -2.33. The third kappa shape index (κ3) is 0.966. The van der Waals surface area contributed by atoms with Gasteiger partial charge in [0.25, 0.3) is 0 Å². The topological polar surface area (TPSA) is 46.3 Å². The Kier molecular flexibility index (Phi) is 1.51. The maximum atomic E-state index is 9.86. The Bertz CT molecular complexity index is 280. The molecule has 1 aliphatic rings. The SMILES string of the molecule is Cc1nc(C2(O)CCC2)oc1C. The Morgan fingerprint density at radius 2 is 2.08 bits per heavy atom. The maximum Gasteiger partial charge on any atom is 0.226 e. The third-order valence-corrected chi connectivity index (χ3v) is 2.61. The van der Waals surface area contributed by atoms with Crippen LogP contribution in [0.3, 0.4) is 0 Å². The standard InChI is InChI=1S/C9H13NO2/c1-6-7(2)12-8(10-6)9(11)4-3-5-9/h11H,3-5H2,1-2H3. The second kappa shape index (κ2) is 2.33. The van der Waals surface area contributed by atoms with Gasteiger partial charge in [0.05, 0.1) is 5.69 Å². The van der Waals surface area contributed by atoms with Crippen LogP contribution in [0.5, 0.6) is 0 Å². The lowest BCUT2D eigenvalue weighted by Gasteiger charge is -2.32. The fourth-order valence-electron chi connectivity index (χ4n) is 1.40. The second-order valence-electron chi connectivity index (χ2n) is 3.55. The fraction of sp³-hybridized carbons (Fsp3) is 0.667. The van der Waals surface area contributed by atoms with Crippen LogP contribution in [0.2, 0.25) is 0 Å². The molecule has 1 aromatic rings. The van der Waals surface area contributed by atoms with Gasteiger partial charge in [-0.05, 0) is 33.1 Å². The van der Waals surface area contributed by atoms with Crippen molar-refractivity contribution in [3.8, 4) is 0 Å². The first-order valence-electron chi connectivity index (χ1n) is 4.29. The van der Waals surface area contributed by atoms with E-state index in [1.807, 2.05) is 13.8 Å². The normalized spacial score (nSPS) is 20.6. The van der Waals surface area contributed by atoms with Gasteiger partial charge in [-0.25, -0.2) is 4.98 Å². The summed E-state index contributed by atoms with van der Waals surface area (Å²) in [5.74, 6) is 1.31. The van der Waals surface area contributed by atoms with Crippen molar-refractivity contribution in [2.45, 2.75) is 38.7 Å². The van der Waals surface area contributed by atoms with Gasteiger partial charge in [-0.15, -0.1) is 0 Å². The average Bonchev–Trinajstić information content (AvgIpc) is 2.28. The molecule has 0 spiro atoms. The van der Waals surface area contributed by atoms with Crippen molar-refractivity contribution in [2.24, 2.45) is 0 Å². The van der Waals surface area contributed by atoms with Crippen LogP contribution in [-0.2, 0) is 5.60 Å². The van der Waals surface area contributed by atoms with Gasteiger partial charge >= 0.3 is 0 Å². The van der Waals surface area contributed by atoms with Gasteiger partial charge in [-0.1, -0.05) is 0 Å². The molecule has 1 aromatic heterocycles. The molecule has 0 radical (unpaired) electrons. The van der Waals surface area contributed by atoms with E-state index in [2.05, 4.69) is 4.98 Å².